The number of pyridine rings is 1. The molecule has 5 rings (SSSR count). The first-order valence-electron chi connectivity index (χ1n) is 12.5. The predicted octanol–water partition coefficient (Wildman–Crippen LogP) is 7.03. The van der Waals surface area contributed by atoms with Crippen molar-refractivity contribution >= 4 is 33.3 Å². The Morgan fingerprint density at radius 3 is 2.49 bits per heavy atom. The first kappa shape index (κ1) is 24.3. The molecule has 0 spiro atoms. The van der Waals surface area contributed by atoms with Gasteiger partial charge in [0.1, 0.15) is 16.3 Å². The van der Waals surface area contributed by atoms with Gasteiger partial charge >= 0.3 is 0 Å². The van der Waals surface area contributed by atoms with E-state index in [-0.39, 0.29) is 11.5 Å². The lowest BCUT2D eigenvalue weighted by Crippen LogP contribution is -2.25. The smallest absolute Gasteiger partial charge is 0.248 e. The zero-order valence-electron chi connectivity index (χ0n) is 21.1. The summed E-state index contributed by atoms with van der Waals surface area (Å²) in [5.41, 5.74) is 3.76. The fourth-order valence-corrected chi connectivity index (χ4v) is 5.83. The first-order valence-corrected chi connectivity index (χ1v) is 13.3. The number of aryl methyl sites for hydroxylation is 1. The largest absolute Gasteiger partial charge is 0.367 e. The van der Waals surface area contributed by atoms with E-state index in [1.54, 1.807) is 11.3 Å². The Morgan fingerprint density at radius 2 is 1.83 bits per heavy atom. The molecule has 2 fully saturated rings. The number of aromatic nitrogens is 4. The lowest BCUT2D eigenvalue weighted by Gasteiger charge is -2.22. The van der Waals surface area contributed by atoms with Crippen LogP contribution in [0, 0.1) is 18.3 Å². The monoisotopic (exact) mass is 500 g/mol. The van der Waals surface area contributed by atoms with Crippen molar-refractivity contribution < 1.29 is 8.78 Å². The average molecular weight is 501 g/mol. The molecule has 0 saturated heterocycles. The van der Waals surface area contributed by atoms with Crippen molar-refractivity contribution in [2.24, 2.45) is 11.3 Å². The normalized spacial score (nSPS) is 21.0. The van der Waals surface area contributed by atoms with Crippen LogP contribution in [-0.4, -0.2) is 38.4 Å². The molecule has 188 valence electrons. The maximum absolute atomic E-state index is 14.0. The van der Waals surface area contributed by atoms with Crippen LogP contribution >= 0.6 is 11.3 Å². The summed E-state index contributed by atoms with van der Waals surface area (Å²) in [5.74, 6) is -1.57. The molecule has 3 heterocycles. The second-order valence-corrected chi connectivity index (χ2v) is 12.4. The molecule has 6 nitrogen and oxygen atoms in total. The predicted molar refractivity (Wildman–Crippen MR) is 138 cm³/mol. The Kier molecular flexibility index (Phi) is 6.18. The van der Waals surface area contributed by atoms with Gasteiger partial charge in [0.05, 0.1) is 21.7 Å². The van der Waals surface area contributed by atoms with Gasteiger partial charge < -0.3 is 10.6 Å². The summed E-state index contributed by atoms with van der Waals surface area (Å²) >= 11 is 1.61. The van der Waals surface area contributed by atoms with Crippen molar-refractivity contribution in [2.45, 2.75) is 84.6 Å². The number of nitrogens with one attached hydrogen (secondary N) is 2. The second kappa shape index (κ2) is 8.91. The molecule has 0 amide bonds. The fraction of sp³-hybridized carbons (Fsp3) is 0.615. The SMILES string of the molecule is Cc1nc(NCC(C)(C)C)nc(NC2CCC(C(C)(F)F)C2)c1-c1nc2c(C3CC3)nccc2s1. The summed E-state index contributed by atoms with van der Waals surface area (Å²) in [5, 5.41) is 7.70. The molecule has 2 N–H and O–H groups in total. The van der Waals surface area contributed by atoms with Crippen LogP contribution in [0.4, 0.5) is 20.5 Å². The van der Waals surface area contributed by atoms with Crippen molar-refractivity contribution in [3.63, 3.8) is 0 Å². The number of alkyl halides is 2. The Balaban J connectivity index is 1.52. The minimum Gasteiger partial charge on any atom is -0.367 e. The van der Waals surface area contributed by atoms with Gasteiger partial charge in [-0.05, 0) is 57.4 Å². The minimum atomic E-state index is -2.67. The van der Waals surface area contributed by atoms with Gasteiger partial charge in [0, 0.05) is 30.6 Å². The van der Waals surface area contributed by atoms with Crippen LogP contribution in [0.25, 0.3) is 20.8 Å². The molecule has 0 aromatic carbocycles. The summed E-state index contributed by atoms with van der Waals surface area (Å²) in [7, 11) is 0. The van der Waals surface area contributed by atoms with E-state index in [1.807, 2.05) is 19.2 Å². The first-order chi connectivity index (χ1) is 16.5. The van der Waals surface area contributed by atoms with Crippen molar-refractivity contribution in [1.29, 1.82) is 0 Å². The van der Waals surface area contributed by atoms with Crippen molar-refractivity contribution in [3.8, 4) is 10.6 Å². The molecule has 0 radical (unpaired) electrons. The third-order valence-electron chi connectivity index (χ3n) is 6.87. The molecule has 3 aromatic rings. The van der Waals surface area contributed by atoms with Gasteiger partial charge in [-0.1, -0.05) is 20.8 Å². The van der Waals surface area contributed by atoms with Gasteiger partial charge in [-0.3, -0.25) is 4.98 Å². The highest BCUT2D eigenvalue weighted by Gasteiger charge is 2.40. The molecule has 2 aliphatic carbocycles. The molecular formula is C26H34F2N6S. The number of fused-ring (bicyclic) bond motifs is 1. The van der Waals surface area contributed by atoms with Crippen molar-refractivity contribution in [2.75, 3.05) is 17.2 Å². The standard InChI is InChI=1S/C26H34F2N6S/c1-14-19(23-33-21-18(35-23)10-11-29-20(21)15-6-7-15)22(34-24(31-14)30-13-25(2,3)4)32-17-9-8-16(12-17)26(5,27)28/h10-11,15-17H,6-9,12-13H2,1-5H3,(H2,30,31,32,34). The number of nitrogens with zero attached hydrogens (tertiary/aromatic N) is 4. The van der Waals surface area contributed by atoms with Gasteiger partial charge in [0.15, 0.2) is 0 Å². The molecule has 35 heavy (non-hydrogen) atoms. The summed E-state index contributed by atoms with van der Waals surface area (Å²) < 4.78 is 29.0. The van der Waals surface area contributed by atoms with Gasteiger partial charge in [-0.15, -0.1) is 11.3 Å². The Bertz CT molecular complexity index is 1230. The van der Waals surface area contributed by atoms with E-state index < -0.39 is 11.8 Å². The highest BCUT2D eigenvalue weighted by molar-refractivity contribution is 7.21. The van der Waals surface area contributed by atoms with Crippen molar-refractivity contribution in [1.82, 2.24) is 19.9 Å². The van der Waals surface area contributed by atoms with E-state index in [0.29, 0.717) is 36.9 Å². The molecule has 0 aliphatic heterocycles. The topological polar surface area (TPSA) is 75.6 Å². The van der Waals surface area contributed by atoms with Gasteiger partial charge in [0.2, 0.25) is 11.9 Å². The average Bonchev–Trinajstić information content (AvgIpc) is 3.32. The van der Waals surface area contributed by atoms with Crippen LogP contribution in [0.15, 0.2) is 12.3 Å². The lowest BCUT2D eigenvalue weighted by atomic mass is 9.97. The molecule has 2 unspecified atom stereocenters. The number of halogens is 2. The summed E-state index contributed by atoms with van der Waals surface area (Å²) in [6, 6.07) is 1.95. The third-order valence-corrected chi connectivity index (χ3v) is 7.91. The maximum atomic E-state index is 14.0. The molecule has 3 aromatic heterocycles. The molecule has 2 atom stereocenters. The third kappa shape index (κ3) is 5.39. The van der Waals surface area contributed by atoms with E-state index in [0.717, 1.165) is 58.5 Å². The highest BCUT2D eigenvalue weighted by Crippen LogP contribution is 2.45. The van der Waals surface area contributed by atoms with Crippen LogP contribution in [-0.2, 0) is 0 Å². The number of thiazole rings is 1. The highest BCUT2D eigenvalue weighted by atomic mass is 32.1. The fourth-order valence-electron chi connectivity index (χ4n) is 4.76. The zero-order valence-corrected chi connectivity index (χ0v) is 21.9. The molecule has 2 aliphatic rings. The van der Waals surface area contributed by atoms with Gasteiger partial charge in [0.25, 0.3) is 0 Å². The van der Waals surface area contributed by atoms with E-state index in [2.05, 4.69) is 36.4 Å². The number of anilines is 2. The molecule has 2 saturated carbocycles. The molecule has 9 heteroatoms. The summed E-state index contributed by atoms with van der Waals surface area (Å²) in [4.78, 5) is 19.2. The Labute approximate surface area is 209 Å². The van der Waals surface area contributed by atoms with Crippen LogP contribution in [0.1, 0.15) is 77.1 Å². The number of rotatable bonds is 7. The lowest BCUT2D eigenvalue weighted by molar-refractivity contribution is -0.0369. The van der Waals surface area contributed by atoms with Crippen LogP contribution in [0.3, 0.4) is 0 Å². The molecular weight excluding hydrogens is 466 g/mol. The Morgan fingerprint density at radius 1 is 1.06 bits per heavy atom. The Hall–Kier alpha value is -2.42. The van der Waals surface area contributed by atoms with E-state index in [9.17, 15) is 8.78 Å². The quantitative estimate of drug-likeness (QED) is 0.363. The van der Waals surface area contributed by atoms with E-state index >= 15 is 0 Å². The van der Waals surface area contributed by atoms with E-state index in [1.165, 1.54) is 0 Å². The van der Waals surface area contributed by atoms with Crippen LogP contribution < -0.4 is 10.6 Å². The summed E-state index contributed by atoms with van der Waals surface area (Å²) in [6.45, 7) is 10.2. The number of hydrogen-bond acceptors (Lipinski definition) is 7. The number of hydrogen-bond donors (Lipinski definition) is 2. The van der Waals surface area contributed by atoms with E-state index in [4.69, 9.17) is 15.0 Å². The van der Waals surface area contributed by atoms with Crippen molar-refractivity contribution in [3.05, 3.63) is 23.7 Å². The zero-order chi connectivity index (χ0) is 25.0. The van der Waals surface area contributed by atoms with Gasteiger partial charge in [-0.25, -0.2) is 18.7 Å². The maximum Gasteiger partial charge on any atom is 0.248 e. The van der Waals surface area contributed by atoms with Crippen LogP contribution in [0.5, 0.6) is 0 Å². The minimum absolute atomic E-state index is 0.0626. The van der Waals surface area contributed by atoms with Crippen LogP contribution in [0.2, 0.25) is 0 Å². The van der Waals surface area contributed by atoms with Gasteiger partial charge in [-0.2, -0.15) is 4.98 Å². The summed E-state index contributed by atoms with van der Waals surface area (Å²) in [6.07, 6.45) is 5.81. The molecule has 0 bridgehead atoms. The second-order valence-electron chi connectivity index (χ2n) is 11.4.